The van der Waals surface area contributed by atoms with E-state index in [-0.39, 0.29) is 5.57 Å². The zero-order valence-electron chi connectivity index (χ0n) is 14.3. The van der Waals surface area contributed by atoms with Gasteiger partial charge in [0.2, 0.25) is 0 Å². The molecule has 2 aromatic carbocycles. The molecule has 0 saturated carbocycles. The summed E-state index contributed by atoms with van der Waals surface area (Å²) >= 11 is 3.36. The van der Waals surface area contributed by atoms with Gasteiger partial charge in [-0.1, -0.05) is 22.9 Å². The highest BCUT2D eigenvalue weighted by Crippen LogP contribution is 2.41. The highest BCUT2D eigenvalue weighted by atomic mass is 79.9. The van der Waals surface area contributed by atoms with Crippen molar-refractivity contribution < 1.29 is 19.4 Å². The lowest BCUT2D eigenvalue weighted by atomic mass is 9.94. The van der Waals surface area contributed by atoms with Crippen LogP contribution in [0, 0.1) is 0 Å². The van der Waals surface area contributed by atoms with Gasteiger partial charge in [0.15, 0.2) is 0 Å². The fraction of sp³-hybridized carbons (Fsp3) is 0.211. The summed E-state index contributed by atoms with van der Waals surface area (Å²) < 4.78 is 12.2. The minimum atomic E-state index is -1.40. The van der Waals surface area contributed by atoms with Crippen molar-refractivity contribution in [3.05, 3.63) is 58.1 Å². The Kier molecular flexibility index (Phi) is 5.08. The Labute approximate surface area is 159 Å². The number of benzene rings is 2. The number of methoxy groups -OCH3 is 1. The Morgan fingerprint density at radius 1 is 1.27 bits per heavy atom. The largest absolute Gasteiger partial charge is 0.497 e. The molecule has 0 spiro atoms. The fourth-order valence-electron chi connectivity index (χ4n) is 2.64. The summed E-state index contributed by atoms with van der Waals surface area (Å²) in [4.78, 5) is 11.8. The summed E-state index contributed by atoms with van der Waals surface area (Å²) in [6.07, 6.45) is 1.88. The topological polar surface area (TPSA) is 80.5 Å². The number of carbonyl (C=O) groups is 1. The maximum absolute atomic E-state index is 11.8. The minimum absolute atomic E-state index is 0.0403. The van der Waals surface area contributed by atoms with Gasteiger partial charge in [-0.2, -0.15) is 5.11 Å². The van der Waals surface area contributed by atoms with E-state index in [0.29, 0.717) is 29.2 Å². The highest BCUT2D eigenvalue weighted by molar-refractivity contribution is 9.10. The van der Waals surface area contributed by atoms with Gasteiger partial charge in [0.05, 0.1) is 12.8 Å². The Morgan fingerprint density at radius 3 is 2.62 bits per heavy atom. The van der Waals surface area contributed by atoms with Crippen LogP contribution in [-0.2, 0) is 4.79 Å². The second kappa shape index (κ2) is 7.29. The number of carboxylic acid groups (broad SMARTS) is 1. The molecule has 1 aliphatic rings. The highest BCUT2D eigenvalue weighted by Gasteiger charge is 2.43. The number of hydrogen-bond acceptors (Lipinski definition) is 5. The molecule has 6 nitrogen and oxygen atoms in total. The summed E-state index contributed by atoms with van der Waals surface area (Å²) in [6, 6.07) is 12.4. The first-order valence-corrected chi connectivity index (χ1v) is 8.77. The van der Waals surface area contributed by atoms with Gasteiger partial charge >= 0.3 is 5.97 Å². The van der Waals surface area contributed by atoms with Crippen LogP contribution in [0.5, 0.6) is 11.5 Å². The van der Waals surface area contributed by atoms with E-state index in [0.717, 1.165) is 4.47 Å². The molecule has 26 heavy (non-hydrogen) atoms. The number of hydrogen-bond donors (Lipinski definition) is 1. The lowest BCUT2D eigenvalue weighted by molar-refractivity contribution is -0.134. The van der Waals surface area contributed by atoms with Crippen LogP contribution in [0.15, 0.2) is 62.7 Å². The van der Waals surface area contributed by atoms with Gasteiger partial charge in [-0.15, -0.1) is 5.11 Å². The average molecular weight is 417 g/mol. The molecule has 1 unspecified atom stereocenters. The van der Waals surface area contributed by atoms with Crippen molar-refractivity contribution in [1.29, 1.82) is 0 Å². The molecule has 0 fully saturated rings. The number of fused-ring (bicyclic) bond motifs is 1. The minimum Gasteiger partial charge on any atom is -0.497 e. The van der Waals surface area contributed by atoms with E-state index in [1.54, 1.807) is 43.5 Å². The molecule has 3 rings (SSSR count). The molecule has 1 aliphatic heterocycles. The van der Waals surface area contributed by atoms with Crippen molar-refractivity contribution in [2.75, 3.05) is 7.11 Å². The van der Waals surface area contributed by atoms with E-state index in [2.05, 4.69) is 26.2 Å². The van der Waals surface area contributed by atoms with E-state index in [1.165, 1.54) is 0 Å². The van der Waals surface area contributed by atoms with Crippen LogP contribution in [0.25, 0.3) is 6.08 Å². The van der Waals surface area contributed by atoms with Gasteiger partial charge < -0.3 is 14.6 Å². The van der Waals surface area contributed by atoms with Gasteiger partial charge in [0, 0.05) is 22.5 Å². The molecule has 1 heterocycles. The van der Waals surface area contributed by atoms with Gasteiger partial charge in [0.1, 0.15) is 17.1 Å². The number of nitrogens with zero attached hydrogens (tertiary/aromatic N) is 2. The van der Waals surface area contributed by atoms with E-state index >= 15 is 0 Å². The standard InChI is InChI=1S/C19H17BrN2O4/c1-3-19(22-21-14-7-5-13(20)6-8-14)16(18(23)24)10-12-4-9-15(25-2)11-17(12)26-19/h4-11H,3H2,1-2H3,(H,23,24). The quantitative estimate of drug-likeness (QED) is 0.678. The molecule has 1 atom stereocenters. The molecule has 0 aliphatic carbocycles. The maximum atomic E-state index is 11.8. The van der Waals surface area contributed by atoms with E-state index in [9.17, 15) is 9.90 Å². The Bertz CT molecular complexity index is 893. The molecular weight excluding hydrogens is 400 g/mol. The van der Waals surface area contributed by atoms with Crippen LogP contribution in [0.2, 0.25) is 0 Å². The molecule has 1 N–H and O–H groups in total. The smallest absolute Gasteiger partial charge is 0.337 e. The third kappa shape index (κ3) is 3.48. The van der Waals surface area contributed by atoms with Crippen molar-refractivity contribution in [3.8, 4) is 11.5 Å². The second-order valence-electron chi connectivity index (χ2n) is 5.68. The number of halogens is 1. The van der Waals surface area contributed by atoms with Gasteiger partial charge in [0.25, 0.3) is 5.72 Å². The third-order valence-electron chi connectivity index (χ3n) is 4.08. The second-order valence-corrected chi connectivity index (χ2v) is 6.60. The zero-order chi connectivity index (χ0) is 18.7. The molecule has 0 radical (unpaired) electrons. The number of carboxylic acids is 1. The van der Waals surface area contributed by atoms with E-state index in [1.807, 2.05) is 19.1 Å². The number of rotatable bonds is 5. The van der Waals surface area contributed by atoms with E-state index in [4.69, 9.17) is 9.47 Å². The maximum Gasteiger partial charge on any atom is 0.337 e. The van der Waals surface area contributed by atoms with Gasteiger partial charge in [-0.3, -0.25) is 0 Å². The average Bonchev–Trinajstić information content (AvgIpc) is 2.66. The summed E-state index contributed by atoms with van der Waals surface area (Å²) in [5.74, 6) is 0.0276. The van der Waals surface area contributed by atoms with Crippen molar-refractivity contribution in [1.82, 2.24) is 0 Å². The predicted octanol–water partition coefficient (Wildman–Crippen LogP) is 5.21. The molecule has 7 heteroatoms. The SMILES string of the molecule is CCC1(N=Nc2ccc(Br)cc2)Oc2cc(OC)ccc2C=C1C(=O)O. The summed E-state index contributed by atoms with van der Waals surface area (Å²) in [5, 5.41) is 18.2. The lowest BCUT2D eigenvalue weighted by Crippen LogP contribution is -2.40. The van der Waals surface area contributed by atoms with Crippen LogP contribution < -0.4 is 9.47 Å². The van der Waals surface area contributed by atoms with Crippen LogP contribution >= 0.6 is 15.9 Å². The summed E-state index contributed by atoms with van der Waals surface area (Å²) in [5.41, 5.74) is -0.103. The van der Waals surface area contributed by atoms with Crippen molar-refractivity contribution in [2.45, 2.75) is 19.1 Å². The zero-order valence-corrected chi connectivity index (χ0v) is 15.9. The normalized spacial score (nSPS) is 18.8. The molecular formula is C19H17BrN2O4. The Balaban J connectivity index is 2.05. The molecule has 0 amide bonds. The van der Waals surface area contributed by atoms with Crippen LogP contribution in [0.1, 0.15) is 18.9 Å². The van der Waals surface area contributed by atoms with Crippen molar-refractivity contribution in [3.63, 3.8) is 0 Å². The third-order valence-corrected chi connectivity index (χ3v) is 4.61. The first kappa shape index (κ1) is 18.1. The van der Waals surface area contributed by atoms with Crippen LogP contribution in [-0.4, -0.2) is 23.9 Å². The summed E-state index contributed by atoms with van der Waals surface area (Å²) in [7, 11) is 1.56. The number of ether oxygens (including phenoxy) is 2. The molecule has 0 bridgehead atoms. The Morgan fingerprint density at radius 2 is 2.00 bits per heavy atom. The van der Waals surface area contributed by atoms with Crippen LogP contribution in [0.4, 0.5) is 5.69 Å². The first-order chi connectivity index (χ1) is 12.5. The molecule has 2 aromatic rings. The fourth-order valence-corrected chi connectivity index (χ4v) is 2.90. The molecule has 134 valence electrons. The number of azo groups is 1. The lowest BCUT2D eigenvalue weighted by Gasteiger charge is -2.33. The summed E-state index contributed by atoms with van der Waals surface area (Å²) in [6.45, 7) is 1.81. The molecule has 0 aromatic heterocycles. The Hall–Kier alpha value is -2.67. The predicted molar refractivity (Wildman–Crippen MR) is 101 cm³/mol. The van der Waals surface area contributed by atoms with Crippen molar-refractivity contribution >= 4 is 33.7 Å². The monoisotopic (exact) mass is 416 g/mol. The van der Waals surface area contributed by atoms with E-state index < -0.39 is 11.7 Å². The first-order valence-electron chi connectivity index (χ1n) is 7.98. The van der Waals surface area contributed by atoms with Crippen molar-refractivity contribution in [2.24, 2.45) is 10.2 Å². The van der Waals surface area contributed by atoms with Gasteiger partial charge in [-0.25, -0.2) is 4.79 Å². The van der Waals surface area contributed by atoms with Crippen LogP contribution in [0.3, 0.4) is 0 Å². The van der Waals surface area contributed by atoms with Gasteiger partial charge in [-0.05, 0) is 42.5 Å². The molecule has 0 saturated heterocycles. The number of aliphatic carboxylic acids is 1.